The monoisotopic (exact) mass is 168 g/mol. The lowest BCUT2D eigenvalue weighted by Gasteiger charge is -2.19. The highest BCUT2D eigenvalue weighted by molar-refractivity contribution is 5.15. The predicted molar refractivity (Wildman–Crippen MR) is 54.6 cm³/mol. The van der Waals surface area contributed by atoms with Crippen LogP contribution in [0.3, 0.4) is 0 Å². The minimum atomic E-state index is 0. The second kappa shape index (κ2) is 5.12. The third-order valence-electron chi connectivity index (χ3n) is 2.43. The van der Waals surface area contributed by atoms with Gasteiger partial charge in [-0.25, -0.2) is 0 Å². The molecular formula is C10H20N2. The summed E-state index contributed by atoms with van der Waals surface area (Å²) in [4.78, 5) is 2.41. The standard InChI is InChI=1S/C10H17N.H3N/c1-4-6-9(2)10-7-5-8-11(10)3;/h4,6,10H,1,5,7-8H2,2-3H3;1H3/b9-6+;/t10-;/m0./s1. The molecule has 1 atom stereocenters. The molecule has 1 aliphatic rings. The summed E-state index contributed by atoms with van der Waals surface area (Å²) in [7, 11) is 2.19. The molecule has 0 spiro atoms. The van der Waals surface area contributed by atoms with E-state index in [4.69, 9.17) is 0 Å². The third kappa shape index (κ3) is 2.47. The van der Waals surface area contributed by atoms with E-state index in [0.29, 0.717) is 6.04 Å². The second-order valence-corrected chi connectivity index (χ2v) is 3.29. The van der Waals surface area contributed by atoms with Crippen molar-refractivity contribution in [1.82, 2.24) is 11.1 Å². The Morgan fingerprint density at radius 1 is 1.58 bits per heavy atom. The quantitative estimate of drug-likeness (QED) is 0.643. The van der Waals surface area contributed by atoms with E-state index < -0.39 is 0 Å². The number of rotatable bonds is 2. The smallest absolute Gasteiger partial charge is 0.0305 e. The Morgan fingerprint density at radius 3 is 2.67 bits per heavy atom. The van der Waals surface area contributed by atoms with Crippen LogP contribution < -0.4 is 6.15 Å². The van der Waals surface area contributed by atoms with Crippen LogP contribution in [0.1, 0.15) is 19.8 Å². The van der Waals surface area contributed by atoms with E-state index in [2.05, 4.69) is 31.5 Å². The third-order valence-corrected chi connectivity index (χ3v) is 2.43. The molecule has 0 aromatic carbocycles. The first-order valence-electron chi connectivity index (χ1n) is 4.25. The first-order valence-corrected chi connectivity index (χ1v) is 4.25. The van der Waals surface area contributed by atoms with Crippen LogP contribution in [0.2, 0.25) is 0 Å². The first-order chi connectivity index (χ1) is 5.25. The van der Waals surface area contributed by atoms with Crippen molar-refractivity contribution in [3.05, 3.63) is 24.3 Å². The van der Waals surface area contributed by atoms with Crippen LogP contribution in [0.5, 0.6) is 0 Å². The van der Waals surface area contributed by atoms with Crippen LogP contribution in [0, 0.1) is 0 Å². The van der Waals surface area contributed by atoms with Crippen LogP contribution >= 0.6 is 0 Å². The van der Waals surface area contributed by atoms with Gasteiger partial charge in [-0.15, -0.1) is 0 Å². The highest BCUT2D eigenvalue weighted by atomic mass is 15.1. The highest BCUT2D eigenvalue weighted by Crippen LogP contribution is 2.21. The van der Waals surface area contributed by atoms with E-state index in [0.717, 1.165) is 0 Å². The topological polar surface area (TPSA) is 38.2 Å². The van der Waals surface area contributed by atoms with Crippen molar-refractivity contribution in [1.29, 1.82) is 0 Å². The molecule has 0 aromatic heterocycles. The summed E-state index contributed by atoms with van der Waals surface area (Å²) in [6, 6.07) is 0.674. The Morgan fingerprint density at radius 2 is 2.25 bits per heavy atom. The van der Waals surface area contributed by atoms with Gasteiger partial charge in [0.2, 0.25) is 0 Å². The molecule has 0 unspecified atom stereocenters. The van der Waals surface area contributed by atoms with Gasteiger partial charge in [-0.2, -0.15) is 0 Å². The molecule has 1 saturated heterocycles. The molecule has 0 aliphatic carbocycles. The zero-order chi connectivity index (χ0) is 8.27. The van der Waals surface area contributed by atoms with Crippen molar-refractivity contribution in [2.45, 2.75) is 25.8 Å². The fraction of sp³-hybridized carbons (Fsp3) is 0.600. The molecule has 12 heavy (non-hydrogen) atoms. The van der Waals surface area contributed by atoms with Crippen molar-refractivity contribution in [3.8, 4) is 0 Å². The minimum absolute atomic E-state index is 0. The Kier molecular flexibility index (Phi) is 4.86. The van der Waals surface area contributed by atoms with Crippen LogP contribution in [-0.4, -0.2) is 24.5 Å². The van der Waals surface area contributed by atoms with E-state index in [1.807, 2.05) is 6.08 Å². The molecule has 1 fully saturated rings. The summed E-state index contributed by atoms with van der Waals surface area (Å²) >= 11 is 0. The summed E-state index contributed by atoms with van der Waals surface area (Å²) in [6.07, 6.45) is 6.64. The Bertz CT molecular complexity index is 173. The fourth-order valence-electron chi connectivity index (χ4n) is 1.78. The van der Waals surface area contributed by atoms with E-state index in [1.54, 1.807) is 0 Å². The molecule has 0 bridgehead atoms. The first kappa shape index (κ1) is 11.4. The van der Waals surface area contributed by atoms with Crippen LogP contribution in [0.25, 0.3) is 0 Å². The molecule has 2 heteroatoms. The highest BCUT2D eigenvalue weighted by Gasteiger charge is 2.21. The summed E-state index contributed by atoms with van der Waals surface area (Å²) < 4.78 is 0. The molecule has 0 amide bonds. The van der Waals surface area contributed by atoms with Gasteiger partial charge in [0.05, 0.1) is 0 Å². The van der Waals surface area contributed by atoms with Crippen LogP contribution in [0.4, 0.5) is 0 Å². The SMILES string of the molecule is C=C/C=C(\C)[C@@H]1CCCN1C.N. The Balaban J connectivity index is 0.00000121. The molecule has 1 rings (SSSR count). The zero-order valence-electron chi connectivity index (χ0n) is 8.21. The maximum absolute atomic E-state index is 3.70. The van der Waals surface area contributed by atoms with Gasteiger partial charge in [0.1, 0.15) is 0 Å². The van der Waals surface area contributed by atoms with Gasteiger partial charge in [0.25, 0.3) is 0 Å². The molecule has 0 radical (unpaired) electrons. The maximum Gasteiger partial charge on any atom is 0.0305 e. The van der Waals surface area contributed by atoms with Crippen molar-refractivity contribution < 1.29 is 0 Å². The zero-order valence-corrected chi connectivity index (χ0v) is 8.21. The fourth-order valence-corrected chi connectivity index (χ4v) is 1.78. The van der Waals surface area contributed by atoms with Crippen molar-refractivity contribution in [2.24, 2.45) is 0 Å². The Labute approximate surface area is 75.5 Å². The largest absolute Gasteiger partial charge is 0.344 e. The van der Waals surface area contributed by atoms with E-state index in [9.17, 15) is 0 Å². The molecule has 0 saturated carbocycles. The van der Waals surface area contributed by atoms with E-state index in [1.165, 1.54) is 25.0 Å². The van der Waals surface area contributed by atoms with E-state index >= 15 is 0 Å². The average molecular weight is 168 g/mol. The van der Waals surface area contributed by atoms with Crippen molar-refractivity contribution >= 4 is 0 Å². The molecule has 2 nitrogen and oxygen atoms in total. The van der Waals surface area contributed by atoms with Gasteiger partial charge in [-0.05, 0) is 33.4 Å². The van der Waals surface area contributed by atoms with Gasteiger partial charge in [0.15, 0.2) is 0 Å². The van der Waals surface area contributed by atoms with Crippen LogP contribution in [0.15, 0.2) is 24.3 Å². The lowest BCUT2D eigenvalue weighted by atomic mass is 10.1. The molecule has 3 N–H and O–H groups in total. The number of nitrogens with zero attached hydrogens (tertiary/aromatic N) is 1. The van der Waals surface area contributed by atoms with Gasteiger partial charge < -0.3 is 6.15 Å². The van der Waals surface area contributed by atoms with Gasteiger partial charge in [0, 0.05) is 6.04 Å². The molecular weight excluding hydrogens is 148 g/mol. The molecule has 0 aromatic rings. The second-order valence-electron chi connectivity index (χ2n) is 3.29. The van der Waals surface area contributed by atoms with Gasteiger partial charge >= 0.3 is 0 Å². The maximum atomic E-state index is 3.70. The average Bonchev–Trinajstić information content (AvgIpc) is 2.36. The molecule has 1 heterocycles. The molecule has 70 valence electrons. The molecule has 1 aliphatic heterocycles. The summed E-state index contributed by atoms with van der Waals surface area (Å²) in [5.74, 6) is 0. The van der Waals surface area contributed by atoms with Gasteiger partial charge in [-0.3, -0.25) is 4.90 Å². The normalized spacial score (nSPS) is 25.2. The van der Waals surface area contributed by atoms with Crippen LogP contribution in [-0.2, 0) is 0 Å². The minimum Gasteiger partial charge on any atom is -0.344 e. The van der Waals surface area contributed by atoms with Crippen molar-refractivity contribution in [3.63, 3.8) is 0 Å². The number of hydrogen-bond donors (Lipinski definition) is 1. The number of likely N-dealkylation sites (tertiary alicyclic amines) is 1. The predicted octanol–water partition coefficient (Wildman–Crippen LogP) is 2.37. The lowest BCUT2D eigenvalue weighted by Crippen LogP contribution is -2.25. The van der Waals surface area contributed by atoms with Gasteiger partial charge in [-0.1, -0.05) is 24.3 Å². The summed E-state index contributed by atoms with van der Waals surface area (Å²) in [5, 5.41) is 0. The number of likely N-dealkylation sites (N-methyl/N-ethyl adjacent to an activating group) is 1. The van der Waals surface area contributed by atoms with E-state index in [-0.39, 0.29) is 6.15 Å². The number of allylic oxidation sites excluding steroid dienone is 2. The summed E-state index contributed by atoms with van der Waals surface area (Å²) in [5.41, 5.74) is 1.44. The number of hydrogen-bond acceptors (Lipinski definition) is 2. The lowest BCUT2D eigenvalue weighted by molar-refractivity contribution is 0.345. The van der Waals surface area contributed by atoms with Crippen molar-refractivity contribution in [2.75, 3.05) is 13.6 Å². The Hall–Kier alpha value is -0.600. The summed E-state index contributed by atoms with van der Waals surface area (Å²) in [6.45, 7) is 7.13.